The molecule has 2 aromatic carbocycles. The van der Waals surface area contributed by atoms with Crippen LogP contribution in [-0.4, -0.2) is 28.0 Å². The van der Waals surface area contributed by atoms with Crippen LogP contribution < -0.4 is 4.31 Å². The molecular formula is C15H13F2NO4S. The number of nitrogens with zero attached hydrogens (tertiary/aromatic N) is 1. The minimum atomic E-state index is -4.19. The maximum absolute atomic E-state index is 13.4. The van der Waals surface area contributed by atoms with Crippen molar-refractivity contribution in [1.82, 2.24) is 0 Å². The Morgan fingerprint density at radius 1 is 1.09 bits per heavy atom. The summed E-state index contributed by atoms with van der Waals surface area (Å²) in [5, 5.41) is 0. The van der Waals surface area contributed by atoms with Gasteiger partial charge < -0.3 is 4.74 Å². The first kappa shape index (κ1) is 16.9. The highest BCUT2D eigenvalue weighted by atomic mass is 32.2. The highest BCUT2D eigenvalue weighted by Crippen LogP contribution is 2.24. The van der Waals surface area contributed by atoms with Crippen LogP contribution in [0.4, 0.5) is 14.5 Å². The van der Waals surface area contributed by atoms with Crippen molar-refractivity contribution in [1.29, 1.82) is 0 Å². The van der Waals surface area contributed by atoms with Gasteiger partial charge in [0.25, 0.3) is 10.0 Å². The number of halogens is 2. The molecule has 0 aliphatic carbocycles. The molecule has 0 saturated carbocycles. The molecule has 0 radical (unpaired) electrons. The van der Waals surface area contributed by atoms with Gasteiger partial charge in [-0.2, -0.15) is 0 Å². The number of hydrogen-bond donors (Lipinski definition) is 0. The summed E-state index contributed by atoms with van der Waals surface area (Å²) in [5.74, 6) is -2.08. The van der Waals surface area contributed by atoms with E-state index in [-0.39, 0.29) is 10.6 Å². The molecule has 2 rings (SSSR count). The Kier molecular flexibility index (Phi) is 4.95. The molecule has 0 aromatic heterocycles. The Labute approximate surface area is 132 Å². The van der Waals surface area contributed by atoms with E-state index in [1.807, 2.05) is 0 Å². The largest absolute Gasteiger partial charge is 0.468 e. The predicted octanol–water partition coefficient (Wildman–Crippen LogP) is 2.33. The fraction of sp³-hybridized carbons (Fsp3) is 0.133. The van der Waals surface area contributed by atoms with E-state index in [0.717, 1.165) is 43.5 Å². The molecule has 5 nitrogen and oxygen atoms in total. The highest BCUT2D eigenvalue weighted by Gasteiger charge is 2.27. The van der Waals surface area contributed by atoms with Gasteiger partial charge >= 0.3 is 5.97 Å². The molecule has 2 aromatic rings. The molecule has 0 bridgehead atoms. The summed E-state index contributed by atoms with van der Waals surface area (Å²) in [4.78, 5) is 11.3. The third-order valence-electron chi connectivity index (χ3n) is 3.00. The molecule has 0 spiro atoms. The Bertz CT molecular complexity index is 806. The van der Waals surface area contributed by atoms with E-state index in [1.165, 1.54) is 12.1 Å². The zero-order valence-corrected chi connectivity index (χ0v) is 12.9. The summed E-state index contributed by atoms with van der Waals surface area (Å²) in [6.45, 7) is -0.639. The quantitative estimate of drug-likeness (QED) is 0.783. The van der Waals surface area contributed by atoms with Gasteiger partial charge in [0.15, 0.2) is 0 Å². The van der Waals surface area contributed by atoms with Gasteiger partial charge in [-0.3, -0.25) is 9.10 Å². The molecule has 0 aliphatic heterocycles. The van der Waals surface area contributed by atoms with E-state index < -0.39 is 34.2 Å². The fourth-order valence-electron chi connectivity index (χ4n) is 1.86. The zero-order chi connectivity index (χ0) is 17.0. The molecule has 0 N–H and O–H groups in total. The molecule has 122 valence electrons. The van der Waals surface area contributed by atoms with Gasteiger partial charge in [0.2, 0.25) is 0 Å². The summed E-state index contributed by atoms with van der Waals surface area (Å²) >= 11 is 0. The van der Waals surface area contributed by atoms with Gasteiger partial charge in [0.05, 0.1) is 17.7 Å². The number of rotatable bonds is 5. The average Bonchev–Trinajstić information content (AvgIpc) is 2.52. The number of ether oxygens (including phenoxy) is 1. The smallest absolute Gasteiger partial charge is 0.326 e. The van der Waals surface area contributed by atoms with Gasteiger partial charge in [0, 0.05) is 0 Å². The lowest BCUT2D eigenvalue weighted by Gasteiger charge is -2.23. The third-order valence-corrected chi connectivity index (χ3v) is 4.79. The SMILES string of the molecule is COC(=O)CN(c1cccc(F)c1)S(=O)(=O)c1ccc(F)cc1. The second kappa shape index (κ2) is 6.74. The molecule has 0 heterocycles. The summed E-state index contributed by atoms with van der Waals surface area (Å²) in [7, 11) is -3.09. The molecule has 23 heavy (non-hydrogen) atoms. The van der Waals surface area contributed by atoms with Crippen molar-refractivity contribution >= 4 is 21.7 Å². The second-order valence-corrected chi connectivity index (χ2v) is 6.38. The normalized spacial score (nSPS) is 11.1. The summed E-state index contributed by atoms with van der Waals surface area (Å²) in [5.41, 5.74) is -0.0419. The Morgan fingerprint density at radius 2 is 1.74 bits per heavy atom. The predicted molar refractivity (Wildman–Crippen MR) is 79.3 cm³/mol. The van der Waals surface area contributed by atoms with Crippen LogP contribution in [0.3, 0.4) is 0 Å². The van der Waals surface area contributed by atoms with Crippen LogP contribution in [0, 0.1) is 11.6 Å². The number of esters is 1. The number of anilines is 1. The van der Waals surface area contributed by atoms with Crippen molar-refractivity contribution in [3.63, 3.8) is 0 Å². The van der Waals surface area contributed by atoms with Crippen molar-refractivity contribution in [2.45, 2.75) is 4.90 Å². The number of hydrogen-bond acceptors (Lipinski definition) is 4. The Hall–Kier alpha value is -2.48. The van der Waals surface area contributed by atoms with Crippen LogP contribution in [0.1, 0.15) is 0 Å². The fourth-order valence-corrected chi connectivity index (χ4v) is 3.26. The molecule has 0 unspecified atom stereocenters. The first-order chi connectivity index (χ1) is 10.8. The van der Waals surface area contributed by atoms with Crippen LogP contribution >= 0.6 is 0 Å². The van der Waals surface area contributed by atoms with Crippen LogP contribution in [0.5, 0.6) is 0 Å². The Morgan fingerprint density at radius 3 is 2.30 bits per heavy atom. The third kappa shape index (κ3) is 3.84. The maximum atomic E-state index is 13.4. The first-order valence-corrected chi connectivity index (χ1v) is 7.89. The average molecular weight is 341 g/mol. The lowest BCUT2D eigenvalue weighted by atomic mass is 10.3. The number of carbonyl (C=O) groups excluding carboxylic acids is 1. The van der Waals surface area contributed by atoms with Crippen molar-refractivity contribution in [2.24, 2.45) is 0 Å². The van der Waals surface area contributed by atoms with Gasteiger partial charge in [-0.05, 0) is 42.5 Å². The Balaban J connectivity index is 2.51. The van der Waals surface area contributed by atoms with E-state index in [1.54, 1.807) is 0 Å². The van der Waals surface area contributed by atoms with Crippen molar-refractivity contribution in [3.8, 4) is 0 Å². The summed E-state index contributed by atoms with van der Waals surface area (Å²) < 4.78 is 56.9. The highest BCUT2D eigenvalue weighted by molar-refractivity contribution is 7.92. The van der Waals surface area contributed by atoms with E-state index in [2.05, 4.69) is 4.74 Å². The molecule has 0 atom stereocenters. The number of benzene rings is 2. The molecular weight excluding hydrogens is 328 g/mol. The number of methoxy groups -OCH3 is 1. The zero-order valence-electron chi connectivity index (χ0n) is 12.1. The van der Waals surface area contributed by atoms with Gasteiger partial charge in [0.1, 0.15) is 18.2 Å². The molecule has 0 amide bonds. The molecule has 0 saturated heterocycles. The van der Waals surface area contributed by atoms with Gasteiger partial charge in [-0.15, -0.1) is 0 Å². The lowest BCUT2D eigenvalue weighted by Crippen LogP contribution is -2.36. The van der Waals surface area contributed by atoms with Gasteiger partial charge in [-0.1, -0.05) is 6.07 Å². The van der Waals surface area contributed by atoms with E-state index in [0.29, 0.717) is 4.31 Å². The second-order valence-electron chi connectivity index (χ2n) is 4.52. The minimum Gasteiger partial charge on any atom is -0.468 e. The van der Waals surface area contributed by atoms with Crippen LogP contribution in [0.25, 0.3) is 0 Å². The summed E-state index contributed by atoms with van der Waals surface area (Å²) in [6.07, 6.45) is 0. The molecule has 8 heteroatoms. The molecule has 0 aliphatic rings. The van der Waals surface area contributed by atoms with Crippen LogP contribution in [0.2, 0.25) is 0 Å². The van der Waals surface area contributed by atoms with Crippen molar-refractivity contribution in [3.05, 3.63) is 60.2 Å². The van der Waals surface area contributed by atoms with E-state index in [9.17, 15) is 22.0 Å². The van der Waals surface area contributed by atoms with Crippen molar-refractivity contribution < 1.29 is 26.7 Å². The maximum Gasteiger partial charge on any atom is 0.326 e. The minimum absolute atomic E-state index is 0.0419. The van der Waals surface area contributed by atoms with Crippen LogP contribution in [-0.2, 0) is 19.6 Å². The topological polar surface area (TPSA) is 63.7 Å². The van der Waals surface area contributed by atoms with Gasteiger partial charge in [-0.25, -0.2) is 17.2 Å². The number of carbonyl (C=O) groups is 1. The number of sulfonamides is 1. The van der Waals surface area contributed by atoms with E-state index >= 15 is 0 Å². The summed E-state index contributed by atoms with van der Waals surface area (Å²) in [6, 6.07) is 8.86. The van der Waals surface area contributed by atoms with E-state index in [4.69, 9.17) is 0 Å². The lowest BCUT2D eigenvalue weighted by molar-refractivity contribution is -0.138. The van der Waals surface area contributed by atoms with Crippen molar-refractivity contribution in [2.75, 3.05) is 18.0 Å². The standard InChI is InChI=1S/C15H13F2NO4S/c1-22-15(19)10-18(13-4-2-3-12(17)9-13)23(20,21)14-7-5-11(16)6-8-14/h2-9H,10H2,1H3. The molecule has 0 fully saturated rings. The first-order valence-electron chi connectivity index (χ1n) is 6.45. The monoisotopic (exact) mass is 341 g/mol. The van der Waals surface area contributed by atoms with Crippen LogP contribution in [0.15, 0.2) is 53.4 Å².